The standard InChI is InChI=1S/C11H8BrN3S/c12-10-4-8(7-16-10)6-15-11-9(5-13)2-1-3-14-11/h1-4,7H,6H2,(H,14,15). The molecule has 0 aliphatic rings. The zero-order valence-corrected chi connectivity index (χ0v) is 10.7. The van der Waals surface area contributed by atoms with Gasteiger partial charge in [0, 0.05) is 12.7 Å². The first-order valence-electron chi connectivity index (χ1n) is 4.61. The molecule has 0 aromatic carbocycles. The number of pyridine rings is 1. The molecule has 0 spiro atoms. The third kappa shape index (κ3) is 2.60. The maximum absolute atomic E-state index is 8.88. The number of anilines is 1. The molecule has 0 fully saturated rings. The molecule has 0 bridgehead atoms. The van der Waals surface area contributed by atoms with Crippen molar-refractivity contribution < 1.29 is 0 Å². The second-order valence-electron chi connectivity index (χ2n) is 3.12. The van der Waals surface area contributed by atoms with Crippen LogP contribution >= 0.6 is 27.3 Å². The Balaban J connectivity index is 2.08. The van der Waals surface area contributed by atoms with Gasteiger partial charge in [-0.05, 0) is 45.1 Å². The summed E-state index contributed by atoms with van der Waals surface area (Å²) in [5.74, 6) is 0.632. The van der Waals surface area contributed by atoms with Crippen LogP contribution in [-0.2, 0) is 6.54 Å². The van der Waals surface area contributed by atoms with Crippen molar-refractivity contribution >= 4 is 33.1 Å². The Hall–Kier alpha value is -1.38. The van der Waals surface area contributed by atoms with Gasteiger partial charge in [-0.3, -0.25) is 0 Å². The minimum absolute atomic E-state index is 0.566. The van der Waals surface area contributed by atoms with E-state index in [1.807, 2.05) is 6.07 Å². The van der Waals surface area contributed by atoms with E-state index >= 15 is 0 Å². The Kier molecular flexibility index (Phi) is 3.54. The first kappa shape index (κ1) is 11.1. The van der Waals surface area contributed by atoms with Gasteiger partial charge < -0.3 is 5.32 Å². The molecule has 2 aromatic heterocycles. The Morgan fingerprint density at radius 1 is 1.56 bits per heavy atom. The molecule has 16 heavy (non-hydrogen) atoms. The average Bonchev–Trinajstić information content (AvgIpc) is 2.73. The first-order chi connectivity index (χ1) is 7.79. The van der Waals surface area contributed by atoms with Crippen LogP contribution in [0.3, 0.4) is 0 Å². The van der Waals surface area contributed by atoms with Crippen LogP contribution in [0.15, 0.2) is 33.6 Å². The smallest absolute Gasteiger partial charge is 0.144 e. The maximum atomic E-state index is 8.88. The number of aromatic nitrogens is 1. The molecule has 80 valence electrons. The topological polar surface area (TPSA) is 48.7 Å². The van der Waals surface area contributed by atoms with Crippen molar-refractivity contribution in [2.45, 2.75) is 6.54 Å². The van der Waals surface area contributed by atoms with Crippen LogP contribution in [0.25, 0.3) is 0 Å². The van der Waals surface area contributed by atoms with Crippen molar-refractivity contribution in [3.63, 3.8) is 0 Å². The fraction of sp³-hybridized carbons (Fsp3) is 0.0909. The van der Waals surface area contributed by atoms with Gasteiger partial charge in [-0.2, -0.15) is 5.26 Å². The van der Waals surface area contributed by atoms with Crippen LogP contribution in [0.2, 0.25) is 0 Å². The molecular weight excluding hydrogens is 286 g/mol. The highest BCUT2D eigenvalue weighted by Gasteiger charge is 2.02. The molecule has 2 heterocycles. The minimum Gasteiger partial charge on any atom is -0.365 e. The predicted molar refractivity (Wildman–Crippen MR) is 68.3 cm³/mol. The van der Waals surface area contributed by atoms with E-state index in [0.29, 0.717) is 17.9 Å². The van der Waals surface area contributed by atoms with Gasteiger partial charge in [0.15, 0.2) is 0 Å². The largest absolute Gasteiger partial charge is 0.365 e. The van der Waals surface area contributed by atoms with Gasteiger partial charge in [-0.1, -0.05) is 0 Å². The van der Waals surface area contributed by atoms with Gasteiger partial charge in [-0.15, -0.1) is 11.3 Å². The molecule has 2 aromatic rings. The number of rotatable bonds is 3. The quantitative estimate of drug-likeness (QED) is 0.944. The van der Waals surface area contributed by atoms with Gasteiger partial charge in [-0.25, -0.2) is 4.98 Å². The molecule has 0 aliphatic carbocycles. The van der Waals surface area contributed by atoms with Crippen molar-refractivity contribution in [3.05, 3.63) is 44.7 Å². The van der Waals surface area contributed by atoms with E-state index in [1.165, 1.54) is 5.56 Å². The van der Waals surface area contributed by atoms with Crippen molar-refractivity contribution in [2.24, 2.45) is 0 Å². The zero-order chi connectivity index (χ0) is 11.4. The van der Waals surface area contributed by atoms with E-state index in [4.69, 9.17) is 5.26 Å². The fourth-order valence-corrected chi connectivity index (χ4v) is 2.47. The summed E-state index contributed by atoms with van der Waals surface area (Å²) < 4.78 is 1.10. The highest BCUT2D eigenvalue weighted by molar-refractivity contribution is 9.11. The number of nitriles is 1. The molecule has 0 aliphatic heterocycles. The van der Waals surface area contributed by atoms with E-state index in [2.05, 4.69) is 37.7 Å². The zero-order valence-electron chi connectivity index (χ0n) is 8.27. The van der Waals surface area contributed by atoms with E-state index < -0.39 is 0 Å². The monoisotopic (exact) mass is 293 g/mol. The van der Waals surface area contributed by atoms with Crippen LogP contribution < -0.4 is 5.32 Å². The van der Waals surface area contributed by atoms with Gasteiger partial charge in [0.05, 0.1) is 9.35 Å². The maximum Gasteiger partial charge on any atom is 0.144 e. The third-order valence-electron chi connectivity index (χ3n) is 2.01. The Labute approximate surface area is 106 Å². The van der Waals surface area contributed by atoms with Crippen LogP contribution in [-0.4, -0.2) is 4.98 Å². The molecule has 0 amide bonds. The third-order valence-corrected chi connectivity index (χ3v) is 3.56. The van der Waals surface area contributed by atoms with Crippen LogP contribution in [0.1, 0.15) is 11.1 Å². The van der Waals surface area contributed by atoms with Gasteiger partial charge in [0.25, 0.3) is 0 Å². The molecule has 0 saturated carbocycles. The van der Waals surface area contributed by atoms with Crippen molar-refractivity contribution in [3.8, 4) is 6.07 Å². The summed E-state index contributed by atoms with van der Waals surface area (Å²) in [4.78, 5) is 4.13. The summed E-state index contributed by atoms with van der Waals surface area (Å²) in [7, 11) is 0. The molecule has 2 rings (SSSR count). The highest BCUT2D eigenvalue weighted by atomic mass is 79.9. The summed E-state index contributed by atoms with van der Waals surface area (Å²) in [6, 6.07) is 7.66. The molecule has 0 radical (unpaired) electrons. The number of halogens is 1. The first-order valence-corrected chi connectivity index (χ1v) is 6.29. The van der Waals surface area contributed by atoms with E-state index in [9.17, 15) is 0 Å². The lowest BCUT2D eigenvalue weighted by atomic mass is 10.2. The van der Waals surface area contributed by atoms with E-state index in [0.717, 1.165) is 3.79 Å². The van der Waals surface area contributed by atoms with Crippen LogP contribution in [0, 0.1) is 11.3 Å². The Morgan fingerprint density at radius 3 is 3.12 bits per heavy atom. The predicted octanol–water partition coefficient (Wildman–Crippen LogP) is 3.39. The summed E-state index contributed by atoms with van der Waals surface area (Å²) >= 11 is 5.05. The Morgan fingerprint density at radius 2 is 2.44 bits per heavy atom. The number of thiophene rings is 1. The lowest BCUT2D eigenvalue weighted by Gasteiger charge is -2.04. The number of nitrogens with zero attached hydrogens (tertiary/aromatic N) is 2. The van der Waals surface area contributed by atoms with E-state index in [1.54, 1.807) is 29.7 Å². The van der Waals surface area contributed by atoms with Gasteiger partial charge >= 0.3 is 0 Å². The van der Waals surface area contributed by atoms with Crippen molar-refractivity contribution in [2.75, 3.05) is 5.32 Å². The highest BCUT2D eigenvalue weighted by Crippen LogP contribution is 2.21. The van der Waals surface area contributed by atoms with Crippen LogP contribution in [0.5, 0.6) is 0 Å². The van der Waals surface area contributed by atoms with Crippen molar-refractivity contribution in [1.82, 2.24) is 4.98 Å². The fourth-order valence-electron chi connectivity index (χ4n) is 1.26. The molecule has 0 unspecified atom stereocenters. The summed E-state index contributed by atoms with van der Waals surface area (Å²) in [6.45, 7) is 0.674. The molecular formula is C11H8BrN3S. The number of hydrogen-bond donors (Lipinski definition) is 1. The molecule has 1 N–H and O–H groups in total. The van der Waals surface area contributed by atoms with Gasteiger partial charge in [0.2, 0.25) is 0 Å². The Bertz CT molecular complexity index is 530. The SMILES string of the molecule is N#Cc1cccnc1NCc1csc(Br)c1. The summed E-state index contributed by atoms with van der Waals surface area (Å²) in [5, 5.41) is 14.1. The lowest BCUT2D eigenvalue weighted by Crippen LogP contribution is -2.02. The molecule has 0 atom stereocenters. The molecule has 0 saturated heterocycles. The van der Waals surface area contributed by atoms with E-state index in [-0.39, 0.29) is 0 Å². The van der Waals surface area contributed by atoms with Crippen molar-refractivity contribution in [1.29, 1.82) is 5.26 Å². The number of nitrogens with one attached hydrogen (secondary N) is 1. The lowest BCUT2D eigenvalue weighted by molar-refractivity contribution is 1.11. The normalized spacial score (nSPS) is 9.75. The molecule has 5 heteroatoms. The minimum atomic E-state index is 0.566. The second-order valence-corrected chi connectivity index (χ2v) is 5.41. The van der Waals surface area contributed by atoms with Gasteiger partial charge in [0.1, 0.15) is 11.9 Å². The summed E-state index contributed by atoms with van der Waals surface area (Å²) in [6.07, 6.45) is 1.67. The second kappa shape index (κ2) is 5.10. The number of hydrogen-bond acceptors (Lipinski definition) is 4. The summed E-state index contributed by atoms with van der Waals surface area (Å²) in [5.41, 5.74) is 1.74. The van der Waals surface area contributed by atoms with Crippen LogP contribution in [0.4, 0.5) is 5.82 Å². The molecule has 3 nitrogen and oxygen atoms in total. The average molecular weight is 294 g/mol.